The van der Waals surface area contributed by atoms with Gasteiger partial charge in [0, 0.05) is 12.2 Å². The molecule has 102 valence electrons. The minimum Gasteiger partial charge on any atom is -0.480 e. The van der Waals surface area contributed by atoms with Gasteiger partial charge >= 0.3 is 5.97 Å². The number of aliphatic carboxylic acids is 1. The fraction of sp³-hybridized carbons (Fsp3) is 0.500. The molecule has 1 aromatic rings. The lowest BCUT2D eigenvalue weighted by molar-refractivity contribution is -0.150. The first-order valence-corrected chi connectivity index (χ1v) is 6.44. The number of rotatable bonds is 2. The van der Waals surface area contributed by atoms with Crippen LogP contribution in [-0.2, 0) is 4.79 Å². The van der Waals surface area contributed by atoms with Crippen LogP contribution in [0.2, 0.25) is 0 Å². The van der Waals surface area contributed by atoms with Crippen molar-refractivity contribution in [1.29, 1.82) is 0 Å². The number of carboxylic acid groups (broad SMARTS) is 1. The Morgan fingerprint density at radius 3 is 2.74 bits per heavy atom. The number of carboxylic acids is 1. The van der Waals surface area contributed by atoms with Crippen molar-refractivity contribution in [3.63, 3.8) is 0 Å². The van der Waals surface area contributed by atoms with Crippen LogP contribution in [-0.4, -0.2) is 39.0 Å². The number of carbonyl (C=O) groups is 2. The number of amides is 1. The summed E-state index contributed by atoms with van der Waals surface area (Å²) in [6.07, 6.45) is 2.15. The molecule has 1 aliphatic rings. The zero-order chi connectivity index (χ0) is 14.0. The number of carbonyl (C=O) groups excluding carboxylic acids is 1. The minimum atomic E-state index is -1.12. The summed E-state index contributed by atoms with van der Waals surface area (Å²) in [5.74, 6) is -1.25. The molecule has 1 saturated heterocycles. The number of pyridine rings is 1. The van der Waals surface area contributed by atoms with Crippen LogP contribution < -0.4 is 0 Å². The predicted octanol–water partition coefficient (Wildman–Crippen LogP) is 1.86. The molecule has 1 aliphatic heterocycles. The van der Waals surface area contributed by atoms with E-state index in [9.17, 15) is 14.7 Å². The maximum Gasteiger partial charge on any atom is 0.329 e. The van der Waals surface area contributed by atoms with E-state index in [1.54, 1.807) is 19.1 Å². The Bertz CT molecular complexity index is 515. The van der Waals surface area contributed by atoms with Gasteiger partial charge in [0.2, 0.25) is 0 Å². The van der Waals surface area contributed by atoms with Gasteiger partial charge in [-0.25, -0.2) is 9.78 Å². The molecule has 0 aliphatic carbocycles. The van der Waals surface area contributed by atoms with Gasteiger partial charge in [0.1, 0.15) is 11.2 Å². The smallest absolute Gasteiger partial charge is 0.329 e. The quantitative estimate of drug-likeness (QED) is 0.883. The van der Waals surface area contributed by atoms with Crippen LogP contribution in [0.25, 0.3) is 0 Å². The zero-order valence-electron chi connectivity index (χ0n) is 11.2. The molecule has 0 aromatic carbocycles. The van der Waals surface area contributed by atoms with E-state index in [0.717, 1.165) is 18.5 Å². The van der Waals surface area contributed by atoms with E-state index in [1.807, 2.05) is 13.0 Å². The molecule has 5 heteroatoms. The molecule has 1 unspecified atom stereocenters. The van der Waals surface area contributed by atoms with E-state index in [-0.39, 0.29) is 5.91 Å². The first-order valence-electron chi connectivity index (χ1n) is 6.44. The predicted molar refractivity (Wildman–Crippen MR) is 69.9 cm³/mol. The van der Waals surface area contributed by atoms with E-state index < -0.39 is 11.5 Å². The highest BCUT2D eigenvalue weighted by atomic mass is 16.4. The topological polar surface area (TPSA) is 70.5 Å². The summed E-state index contributed by atoms with van der Waals surface area (Å²) >= 11 is 0. The van der Waals surface area contributed by atoms with Gasteiger partial charge in [-0.05, 0) is 45.2 Å². The van der Waals surface area contributed by atoms with Crippen LogP contribution >= 0.6 is 0 Å². The highest BCUT2D eigenvalue weighted by molar-refractivity contribution is 5.96. The average molecular weight is 262 g/mol. The summed E-state index contributed by atoms with van der Waals surface area (Å²) < 4.78 is 0. The van der Waals surface area contributed by atoms with Gasteiger partial charge in [-0.15, -0.1) is 0 Å². The third-order valence-electron chi connectivity index (χ3n) is 3.70. The molecule has 2 rings (SSSR count). The van der Waals surface area contributed by atoms with Gasteiger partial charge in [0.25, 0.3) is 5.91 Å². The second-order valence-electron chi connectivity index (χ2n) is 5.16. The Hall–Kier alpha value is -1.91. The largest absolute Gasteiger partial charge is 0.480 e. The van der Waals surface area contributed by atoms with Crippen molar-refractivity contribution < 1.29 is 14.7 Å². The Labute approximate surface area is 112 Å². The van der Waals surface area contributed by atoms with E-state index in [2.05, 4.69) is 4.98 Å². The number of piperidine rings is 1. The Morgan fingerprint density at radius 2 is 2.11 bits per heavy atom. The summed E-state index contributed by atoms with van der Waals surface area (Å²) in [6.45, 7) is 3.89. The van der Waals surface area contributed by atoms with Crippen molar-refractivity contribution in [3.8, 4) is 0 Å². The van der Waals surface area contributed by atoms with Gasteiger partial charge in [-0.2, -0.15) is 0 Å². The molecule has 0 saturated carbocycles. The first-order chi connectivity index (χ1) is 8.95. The first kappa shape index (κ1) is 13.5. The van der Waals surface area contributed by atoms with Crippen LogP contribution in [0.1, 0.15) is 42.4 Å². The lowest BCUT2D eigenvalue weighted by Gasteiger charge is -2.41. The maximum atomic E-state index is 12.5. The molecule has 1 amide bonds. The number of aryl methyl sites for hydroxylation is 1. The lowest BCUT2D eigenvalue weighted by atomic mass is 9.88. The molecule has 1 aromatic heterocycles. The molecule has 1 fully saturated rings. The molecular formula is C14H18N2O3. The summed E-state index contributed by atoms with van der Waals surface area (Å²) in [5.41, 5.74) is -0.0601. The second-order valence-corrected chi connectivity index (χ2v) is 5.16. The number of likely N-dealkylation sites (tertiary alicyclic amines) is 1. The lowest BCUT2D eigenvalue weighted by Crippen LogP contribution is -2.57. The maximum absolute atomic E-state index is 12.5. The van der Waals surface area contributed by atoms with E-state index in [4.69, 9.17) is 0 Å². The third kappa shape index (κ3) is 2.45. The minimum absolute atomic E-state index is 0.298. The number of aromatic nitrogens is 1. The van der Waals surface area contributed by atoms with Crippen molar-refractivity contribution in [3.05, 3.63) is 29.6 Å². The summed E-state index contributed by atoms with van der Waals surface area (Å²) in [5, 5.41) is 9.40. The van der Waals surface area contributed by atoms with Crippen molar-refractivity contribution in [2.24, 2.45) is 0 Å². The Balaban J connectivity index is 2.33. The van der Waals surface area contributed by atoms with Crippen LogP contribution in [0.15, 0.2) is 18.2 Å². The fourth-order valence-electron chi connectivity index (χ4n) is 2.47. The average Bonchev–Trinajstić information content (AvgIpc) is 2.38. The monoisotopic (exact) mass is 262 g/mol. The molecule has 2 heterocycles. The van der Waals surface area contributed by atoms with Gasteiger partial charge in [0.15, 0.2) is 0 Å². The van der Waals surface area contributed by atoms with E-state index in [1.165, 1.54) is 4.90 Å². The molecule has 1 atom stereocenters. The zero-order valence-corrected chi connectivity index (χ0v) is 11.2. The fourth-order valence-corrected chi connectivity index (χ4v) is 2.47. The number of nitrogens with zero attached hydrogens (tertiary/aromatic N) is 2. The molecular weight excluding hydrogens is 244 g/mol. The van der Waals surface area contributed by atoms with Crippen LogP contribution in [0, 0.1) is 6.92 Å². The molecule has 0 radical (unpaired) electrons. The third-order valence-corrected chi connectivity index (χ3v) is 3.70. The summed E-state index contributed by atoms with van der Waals surface area (Å²) in [7, 11) is 0. The molecule has 5 nitrogen and oxygen atoms in total. The van der Waals surface area contributed by atoms with Crippen molar-refractivity contribution in [2.45, 2.75) is 38.6 Å². The van der Waals surface area contributed by atoms with Gasteiger partial charge in [-0.1, -0.05) is 6.07 Å². The van der Waals surface area contributed by atoms with Crippen molar-refractivity contribution in [1.82, 2.24) is 9.88 Å². The molecule has 1 N–H and O–H groups in total. The molecule has 19 heavy (non-hydrogen) atoms. The van der Waals surface area contributed by atoms with E-state index >= 15 is 0 Å². The van der Waals surface area contributed by atoms with E-state index in [0.29, 0.717) is 18.7 Å². The van der Waals surface area contributed by atoms with Crippen LogP contribution in [0.5, 0.6) is 0 Å². The second kappa shape index (κ2) is 4.99. The number of hydrogen-bond acceptors (Lipinski definition) is 3. The Morgan fingerprint density at radius 1 is 1.37 bits per heavy atom. The summed E-state index contributed by atoms with van der Waals surface area (Å²) in [6, 6.07) is 5.20. The van der Waals surface area contributed by atoms with Gasteiger partial charge in [0.05, 0.1) is 0 Å². The highest BCUT2D eigenvalue weighted by Crippen LogP contribution is 2.29. The van der Waals surface area contributed by atoms with Crippen molar-refractivity contribution >= 4 is 11.9 Å². The summed E-state index contributed by atoms with van der Waals surface area (Å²) in [4.78, 5) is 29.6. The van der Waals surface area contributed by atoms with Crippen LogP contribution in [0.3, 0.4) is 0 Å². The van der Waals surface area contributed by atoms with Crippen LogP contribution in [0.4, 0.5) is 0 Å². The number of hydrogen-bond donors (Lipinski definition) is 1. The van der Waals surface area contributed by atoms with Gasteiger partial charge in [-0.3, -0.25) is 4.79 Å². The van der Waals surface area contributed by atoms with Crippen molar-refractivity contribution in [2.75, 3.05) is 6.54 Å². The molecule has 0 bridgehead atoms. The highest BCUT2D eigenvalue weighted by Gasteiger charge is 2.44. The normalized spacial score (nSPS) is 23.2. The Kier molecular flexibility index (Phi) is 3.55. The van der Waals surface area contributed by atoms with Gasteiger partial charge < -0.3 is 10.0 Å². The standard InChI is InChI=1S/C14H18N2O3/c1-10-6-5-7-11(15-10)12(17)16-9-4-3-8-14(16,2)13(18)19/h5-7H,3-4,8-9H2,1-2H3,(H,18,19). The SMILES string of the molecule is Cc1cccc(C(=O)N2CCCCC2(C)C(=O)O)n1. The molecule has 0 spiro atoms.